The maximum Gasteiger partial charge on any atom is 0.246 e. The van der Waals surface area contributed by atoms with Crippen LogP contribution >= 0.6 is 34.5 Å². The molecular weight excluding hydrogens is 443 g/mol. The Hall–Kier alpha value is -2.20. The van der Waals surface area contributed by atoms with Gasteiger partial charge in [-0.1, -0.05) is 64.9 Å². The molecule has 0 radical (unpaired) electrons. The third-order valence-corrected chi connectivity index (χ3v) is 6.34. The van der Waals surface area contributed by atoms with Crippen molar-refractivity contribution in [2.24, 2.45) is 0 Å². The second kappa shape index (κ2) is 8.44. The Balaban J connectivity index is 1.76. The molecular formula is C17H14Cl2N4O3S2. The molecule has 1 heterocycles. The lowest BCUT2D eigenvalue weighted by Gasteiger charge is -2.21. The fraction of sp³-hybridized carbons (Fsp3) is 0.118. The van der Waals surface area contributed by atoms with Gasteiger partial charge in [-0.15, -0.1) is 10.2 Å². The first-order valence-electron chi connectivity index (χ1n) is 7.85. The first-order valence-corrected chi connectivity index (χ1v) is 11.3. The summed E-state index contributed by atoms with van der Waals surface area (Å²) in [5, 5.41) is 11.9. The molecule has 1 amide bonds. The zero-order valence-corrected chi connectivity index (χ0v) is 17.6. The fourth-order valence-corrected chi connectivity index (χ4v) is 4.21. The van der Waals surface area contributed by atoms with Gasteiger partial charge in [-0.2, -0.15) is 0 Å². The van der Waals surface area contributed by atoms with Gasteiger partial charge in [-0.05, 0) is 18.2 Å². The van der Waals surface area contributed by atoms with Crippen molar-refractivity contribution in [2.75, 3.05) is 22.4 Å². The van der Waals surface area contributed by atoms with Crippen molar-refractivity contribution in [1.82, 2.24) is 10.2 Å². The number of benzene rings is 2. The van der Waals surface area contributed by atoms with E-state index in [1.54, 1.807) is 0 Å². The number of carbonyl (C=O) groups is 1. The molecule has 0 aliphatic carbocycles. The zero-order valence-electron chi connectivity index (χ0n) is 14.5. The van der Waals surface area contributed by atoms with Gasteiger partial charge in [0.15, 0.2) is 0 Å². The number of rotatable bonds is 6. The van der Waals surface area contributed by atoms with E-state index in [0.717, 1.165) is 16.1 Å². The Morgan fingerprint density at radius 2 is 1.82 bits per heavy atom. The number of sulfonamides is 1. The number of nitrogens with one attached hydrogen (secondary N) is 1. The first-order chi connectivity index (χ1) is 13.2. The summed E-state index contributed by atoms with van der Waals surface area (Å²) in [6, 6.07) is 13.7. The Morgan fingerprint density at radius 3 is 2.46 bits per heavy atom. The number of amides is 1. The molecule has 11 heteroatoms. The van der Waals surface area contributed by atoms with Gasteiger partial charge in [0.1, 0.15) is 11.6 Å². The van der Waals surface area contributed by atoms with Crippen LogP contribution in [0.3, 0.4) is 0 Å². The van der Waals surface area contributed by atoms with Crippen molar-refractivity contribution in [2.45, 2.75) is 0 Å². The molecule has 0 fully saturated rings. The summed E-state index contributed by atoms with van der Waals surface area (Å²) in [6.07, 6.45) is 1.00. The van der Waals surface area contributed by atoms with E-state index in [-0.39, 0.29) is 20.9 Å². The lowest BCUT2D eigenvalue weighted by molar-refractivity contribution is -0.114. The molecule has 7 nitrogen and oxygen atoms in total. The zero-order chi connectivity index (χ0) is 20.3. The highest BCUT2D eigenvalue weighted by molar-refractivity contribution is 7.92. The van der Waals surface area contributed by atoms with Crippen LogP contribution in [0.2, 0.25) is 10.0 Å². The minimum atomic E-state index is -3.73. The lowest BCUT2D eigenvalue weighted by atomic mass is 10.2. The van der Waals surface area contributed by atoms with E-state index in [9.17, 15) is 13.2 Å². The summed E-state index contributed by atoms with van der Waals surface area (Å²) < 4.78 is 25.2. The number of aromatic nitrogens is 2. The van der Waals surface area contributed by atoms with Gasteiger partial charge in [0.05, 0.1) is 22.0 Å². The predicted octanol–water partition coefficient (Wildman–Crippen LogP) is 3.92. The molecule has 146 valence electrons. The van der Waals surface area contributed by atoms with E-state index in [2.05, 4.69) is 15.5 Å². The molecule has 0 saturated carbocycles. The summed E-state index contributed by atoms with van der Waals surface area (Å²) >= 11 is 13.0. The number of anilines is 2. The largest absolute Gasteiger partial charge is 0.299 e. The van der Waals surface area contributed by atoms with E-state index < -0.39 is 22.5 Å². The van der Waals surface area contributed by atoms with E-state index >= 15 is 0 Å². The molecule has 3 rings (SSSR count). The van der Waals surface area contributed by atoms with Gasteiger partial charge >= 0.3 is 0 Å². The van der Waals surface area contributed by atoms with Gasteiger partial charge in [0, 0.05) is 5.56 Å². The Bertz CT molecular complexity index is 1100. The Morgan fingerprint density at radius 1 is 1.11 bits per heavy atom. The van der Waals surface area contributed by atoms with Crippen molar-refractivity contribution >= 4 is 61.3 Å². The van der Waals surface area contributed by atoms with Crippen LogP contribution in [0, 0.1) is 0 Å². The average Bonchev–Trinajstić information content (AvgIpc) is 3.10. The monoisotopic (exact) mass is 456 g/mol. The highest BCUT2D eigenvalue weighted by atomic mass is 35.5. The van der Waals surface area contributed by atoms with E-state index in [0.29, 0.717) is 5.01 Å². The molecule has 1 aromatic heterocycles. The van der Waals surface area contributed by atoms with E-state index in [4.69, 9.17) is 23.2 Å². The number of halogens is 2. The van der Waals surface area contributed by atoms with Crippen molar-refractivity contribution in [3.05, 3.63) is 58.6 Å². The van der Waals surface area contributed by atoms with Crippen molar-refractivity contribution < 1.29 is 13.2 Å². The SMILES string of the molecule is CS(=O)(=O)N(CC(=O)Nc1nnc(-c2ccccc2)s1)c1ccc(Cl)c(Cl)c1. The molecule has 0 aliphatic rings. The third-order valence-electron chi connectivity index (χ3n) is 3.57. The topological polar surface area (TPSA) is 92.3 Å². The van der Waals surface area contributed by atoms with Crippen LogP contribution in [0.5, 0.6) is 0 Å². The molecule has 0 spiro atoms. The molecule has 2 aromatic carbocycles. The third kappa shape index (κ3) is 4.99. The Kier molecular flexibility index (Phi) is 6.19. The van der Waals surface area contributed by atoms with E-state index in [1.165, 1.54) is 29.5 Å². The molecule has 1 N–H and O–H groups in total. The second-order valence-electron chi connectivity index (χ2n) is 5.69. The maximum atomic E-state index is 12.4. The van der Waals surface area contributed by atoms with Crippen LogP contribution in [0.15, 0.2) is 48.5 Å². The molecule has 28 heavy (non-hydrogen) atoms. The summed E-state index contributed by atoms with van der Waals surface area (Å²) in [5.41, 5.74) is 1.10. The van der Waals surface area contributed by atoms with E-state index in [1.807, 2.05) is 30.3 Å². The number of carbonyl (C=O) groups excluding carboxylic acids is 1. The summed E-state index contributed by atoms with van der Waals surface area (Å²) in [6.45, 7) is -0.447. The number of hydrogen-bond acceptors (Lipinski definition) is 6. The minimum Gasteiger partial charge on any atom is -0.299 e. The average molecular weight is 457 g/mol. The van der Waals surface area contributed by atoms with Gasteiger partial charge in [0.25, 0.3) is 0 Å². The molecule has 3 aromatic rings. The first kappa shape index (κ1) is 20.5. The van der Waals surface area contributed by atoms with Crippen LogP contribution < -0.4 is 9.62 Å². The molecule has 0 unspecified atom stereocenters. The summed E-state index contributed by atoms with van der Waals surface area (Å²) in [7, 11) is -3.73. The van der Waals surface area contributed by atoms with Gasteiger partial charge in [-0.3, -0.25) is 14.4 Å². The van der Waals surface area contributed by atoms with Gasteiger partial charge in [0.2, 0.25) is 21.1 Å². The van der Waals surface area contributed by atoms with Crippen LogP contribution in [0.1, 0.15) is 0 Å². The van der Waals surface area contributed by atoms with Crippen LogP contribution in [-0.4, -0.2) is 37.3 Å². The summed E-state index contributed by atoms with van der Waals surface area (Å²) in [5.74, 6) is -0.563. The van der Waals surface area contributed by atoms with Crippen LogP contribution in [0.4, 0.5) is 10.8 Å². The molecule has 0 saturated heterocycles. The second-order valence-corrected chi connectivity index (χ2v) is 9.39. The molecule has 0 aliphatic heterocycles. The highest BCUT2D eigenvalue weighted by Crippen LogP contribution is 2.29. The molecule has 0 atom stereocenters. The Labute approximate surface area is 176 Å². The maximum absolute atomic E-state index is 12.4. The number of hydrogen-bond donors (Lipinski definition) is 1. The molecule has 0 bridgehead atoms. The van der Waals surface area contributed by atoms with Gasteiger partial charge < -0.3 is 0 Å². The van der Waals surface area contributed by atoms with Crippen molar-refractivity contribution in [1.29, 1.82) is 0 Å². The van der Waals surface area contributed by atoms with Crippen molar-refractivity contribution in [3.63, 3.8) is 0 Å². The van der Waals surface area contributed by atoms with Crippen LogP contribution in [0.25, 0.3) is 10.6 Å². The normalized spacial score (nSPS) is 11.2. The van der Waals surface area contributed by atoms with Crippen LogP contribution in [-0.2, 0) is 14.8 Å². The van der Waals surface area contributed by atoms with Gasteiger partial charge in [-0.25, -0.2) is 8.42 Å². The number of nitrogens with zero attached hydrogens (tertiary/aromatic N) is 3. The smallest absolute Gasteiger partial charge is 0.246 e. The lowest BCUT2D eigenvalue weighted by Crippen LogP contribution is -2.37. The fourth-order valence-electron chi connectivity index (χ4n) is 2.30. The minimum absolute atomic E-state index is 0.185. The predicted molar refractivity (Wildman–Crippen MR) is 113 cm³/mol. The standard InChI is InChI=1S/C17H14Cl2N4O3S2/c1-28(25,26)23(12-7-8-13(18)14(19)9-12)10-15(24)20-17-22-21-16(27-17)11-5-3-2-4-6-11/h2-9H,10H2,1H3,(H,20,22,24). The van der Waals surface area contributed by atoms with Crippen molar-refractivity contribution in [3.8, 4) is 10.6 Å². The summed E-state index contributed by atoms with van der Waals surface area (Å²) in [4.78, 5) is 12.4. The highest BCUT2D eigenvalue weighted by Gasteiger charge is 2.22. The quantitative estimate of drug-likeness (QED) is 0.606.